The minimum atomic E-state index is -0.240. The molecule has 9 aromatic rings. The van der Waals surface area contributed by atoms with Crippen molar-refractivity contribution in [2.24, 2.45) is 0 Å². The van der Waals surface area contributed by atoms with Crippen molar-refractivity contribution in [2.75, 3.05) is 4.90 Å². The van der Waals surface area contributed by atoms with Gasteiger partial charge in [-0.2, -0.15) is 0 Å². The number of benzene rings is 8. The molecule has 62 heavy (non-hydrogen) atoms. The molecule has 0 unspecified atom stereocenters. The van der Waals surface area contributed by atoms with E-state index in [0.717, 1.165) is 5.69 Å². The Morgan fingerprint density at radius 1 is 0.419 bits per heavy atom. The fourth-order valence-corrected chi connectivity index (χ4v) is 12.0. The first kappa shape index (κ1) is 37.1. The van der Waals surface area contributed by atoms with Gasteiger partial charge >= 0.3 is 0 Å². The molecule has 1 saturated carbocycles. The van der Waals surface area contributed by atoms with E-state index in [2.05, 4.69) is 213 Å². The quantitative estimate of drug-likeness (QED) is 0.163. The van der Waals surface area contributed by atoms with Crippen LogP contribution in [-0.4, -0.2) is 4.57 Å². The molecule has 1 fully saturated rings. The lowest BCUT2D eigenvalue weighted by Gasteiger charge is -2.30. The summed E-state index contributed by atoms with van der Waals surface area (Å²) in [7, 11) is 0. The highest BCUT2D eigenvalue weighted by atomic mass is 15.1. The highest BCUT2D eigenvalue weighted by Crippen LogP contribution is 2.57. The van der Waals surface area contributed by atoms with Gasteiger partial charge < -0.3 is 9.47 Å². The number of aromatic nitrogens is 1. The fourth-order valence-electron chi connectivity index (χ4n) is 12.0. The monoisotopic (exact) mass is 800 g/mol. The molecule has 302 valence electrons. The normalized spacial score (nSPS) is 15.9. The number of anilines is 3. The van der Waals surface area contributed by atoms with Crippen LogP contribution in [0, 0.1) is 0 Å². The Balaban J connectivity index is 1.02. The molecule has 0 spiro atoms. The molecule has 8 aromatic carbocycles. The first-order valence-corrected chi connectivity index (χ1v) is 22.8. The summed E-state index contributed by atoms with van der Waals surface area (Å²) in [5, 5.41) is 2.53. The number of hydrogen-bond donors (Lipinski definition) is 0. The minimum absolute atomic E-state index is 0.103. The molecule has 2 heteroatoms. The van der Waals surface area contributed by atoms with Gasteiger partial charge in [0.05, 0.1) is 11.0 Å². The van der Waals surface area contributed by atoms with Crippen LogP contribution in [0.25, 0.3) is 60.9 Å². The van der Waals surface area contributed by atoms with Gasteiger partial charge in [0.1, 0.15) is 0 Å². The van der Waals surface area contributed by atoms with Gasteiger partial charge in [0.15, 0.2) is 0 Å². The van der Waals surface area contributed by atoms with Crippen LogP contribution in [0.5, 0.6) is 0 Å². The van der Waals surface area contributed by atoms with Gasteiger partial charge in [0, 0.05) is 44.4 Å². The molecular weight excluding hydrogens is 749 g/mol. The Morgan fingerprint density at radius 3 is 1.68 bits per heavy atom. The minimum Gasteiger partial charge on any atom is -0.310 e. The first-order valence-electron chi connectivity index (χ1n) is 22.8. The van der Waals surface area contributed by atoms with E-state index in [1.165, 1.54) is 132 Å². The number of para-hydroxylation sites is 2. The van der Waals surface area contributed by atoms with Crippen LogP contribution in [0.15, 0.2) is 176 Å². The Labute approximate surface area is 366 Å². The third-order valence-electron chi connectivity index (χ3n) is 14.9. The largest absolute Gasteiger partial charge is 0.310 e. The Hall–Kier alpha value is -6.64. The summed E-state index contributed by atoms with van der Waals surface area (Å²) in [6.45, 7) is 9.70. The van der Waals surface area contributed by atoms with Crippen molar-refractivity contribution in [1.82, 2.24) is 4.57 Å². The van der Waals surface area contributed by atoms with Gasteiger partial charge in [0.2, 0.25) is 0 Å². The Kier molecular flexibility index (Phi) is 8.35. The molecule has 3 aliphatic carbocycles. The van der Waals surface area contributed by atoms with E-state index in [4.69, 9.17) is 0 Å². The average Bonchev–Trinajstić information content (AvgIpc) is 3.86. The maximum Gasteiger partial charge on any atom is 0.0561 e. The molecule has 0 bridgehead atoms. The standard InChI is InChI=1S/C60H52N2/c1-59(2)53-27-13-11-21-45(53)49-23-15-25-51(57(49)59)52-26-16-24-50-46-35-33-43(37-54(46)60(3,4)58(50)52)61(42-31-29-40(30-32-42)39-17-7-5-8-18-39)44-34-36-48-47-22-12-14-28-55(47)62(56(48)38-44)41-19-9-6-10-20-41/h6,9-16,19-39H,5,7-8,17-18H2,1-4H3. The van der Waals surface area contributed by atoms with E-state index >= 15 is 0 Å². The molecule has 3 aliphatic rings. The second-order valence-electron chi connectivity index (χ2n) is 19.1. The zero-order chi connectivity index (χ0) is 41.7. The van der Waals surface area contributed by atoms with Crippen molar-refractivity contribution < 1.29 is 0 Å². The van der Waals surface area contributed by atoms with Crippen LogP contribution in [0.1, 0.15) is 93.5 Å². The number of nitrogens with zero attached hydrogens (tertiary/aromatic N) is 2. The lowest BCUT2D eigenvalue weighted by molar-refractivity contribution is 0.443. The van der Waals surface area contributed by atoms with E-state index in [1.807, 2.05) is 0 Å². The summed E-state index contributed by atoms with van der Waals surface area (Å²) in [5.74, 6) is 0.656. The van der Waals surface area contributed by atoms with Gasteiger partial charge in [-0.05, 0) is 135 Å². The molecule has 2 nitrogen and oxygen atoms in total. The third-order valence-corrected chi connectivity index (χ3v) is 14.9. The van der Waals surface area contributed by atoms with Crippen molar-refractivity contribution in [3.8, 4) is 39.1 Å². The van der Waals surface area contributed by atoms with E-state index in [9.17, 15) is 0 Å². The summed E-state index contributed by atoms with van der Waals surface area (Å²) < 4.78 is 2.43. The van der Waals surface area contributed by atoms with Crippen molar-refractivity contribution >= 4 is 38.9 Å². The van der Waals surface area contributed by atoms with Gasteiger partial charge in [-0.3, -0.25) is 0 Å². The van der Waals surface area contributed by atoms with E-state index in [-0.39, 0.29) is 10.8 Å². The molecule has 0 N–H and O–H groups in total. The molecular formula is C60H52N2. The molecule has 0 saturated heterocycles. The topological polar surface area (TPSA) is 8.17 Å². The Bertz CT molecular complexity index is 3210. The lowest BCUT2D eigenvalue weighted by atomic mass is 9.74. The Morgan fingerprint density at radius 2 is 0.952 bits per heavy atom. The van der Waals surface area contributed by atoms with Crippen LogP contribution < -0.4 is 4.90 Å². The highest BCUT2D eigenvalue weighted by molar-refractivity contribution is 6.10. The second kappa shape index (κ2) is 13.9. The zero-order valence-corrected chi connectivity index (χ0v) is 36.3. The summed E-state index contributed by atoms with van der Waals surface area (Å²) >= 11 is 0. The molecule has 0 amide bonds. The van der Waals surface area contributed by atoms with E-state index in [0.29, 0.717) is 5.92 Å². The first-order chi connectivity index (χ1) is 30.3. The predicted molar refractivity (Wildman–Crippen MR) is 262 cm³/mol. The van der Waals surface area contributed by atoms with Crippen LogP contribution in [0.4, 0.5) is 17.1 Å². The average molecular weight is 801 g/mol. The molecule has 12 rings (SSSR count). The van der Waals surface area contributed by atoms with E-state index < -0.39 is 0 Å². The van der Waals surface area contributed by atoms with Crippen molar-refractivity contribution in [3.63, 3.8) is 0 Å². The van der Waals surface area contributed by atoms with Crippen LogP contribution in [-0.2, 0) is 10.8 Å². The van der Waals surface area contributed by atoms with Crippen molar-refractivity contribution in [3.05, 3.63) is 204 Å². The van der Waals surface area contributed by atoms with Crippen LogP contribution in [0.2, 0.25) is 0 Å². The third kappa shape index (κ3) is 5.48. The summed E-state index contributed by atoms with van der Waals surface area (Å²) in [6.07, 6.45) is 6.62. The summed E-state index contributed by atoms with van der Waals surface area (Å²) in [6, 6.07) is 66.6. The molecule has 0 aliphatic heterocycles. The fraction of sp³-hybridized carbons (Fsp3) is 0.200. The van der Waals surface area contributed by atoms with E-state index in [1.54, 1.807) is 0 Å². The predicted octanol–water partition coefficient (Wildman–Crippen LogP) is 16.6. The van der Waals surface area contributed by atoms with Gasteiger partial charge in [-0.25, -0.2) is 0 Å². The molecule has 1 heterocycles. The summed E-state index contributed by atoms with van der Waals surface area (Å²) in [4.78, 5) is 2.50. The lowest BCUT2D eigenvalue weighted by Crippen LogP contribution is -2.19. The van der Waals surface area contributed by atoms with Gasteiger partial charge in [-0.15, -0.1) is 0 Å². The molecule has 1 aromatic heterocycles. The van der Waals surface area contributed by atoms with Crippen LogP contribution >= 0.6 is 0 Å². The van der Waals surface area contributed by atoms with Crippen LogP contribution in [0.3, 0.4) is 0 Å². The van der Waals surface area contributed by atoms with Crippen molar-refractivity contribution in [2.45, 2.75) is 76.5 Å². The highest BCUT2D eigenvalue weighted by Gasteiger charge is 2.42. The SMILES string of the molecule is CC1(C)c2ccccc2-c2cccc(-c3cccc4c3C(C)(C)c3cc(N(c5ccc(C6CCCCC6)cc5)c5ccc6c7ccccc7n(-c7ccccc7)c6c5)ccc3-4)c21. The smallest absolute Gasteiger partial charge is 0.0561 e. The van der Waals surface area contributed by atoms with Gasteiger partial charge in [0.25, 0.3) is 0 Å². The second-order valence-corrected chi connectivity index (χ2v) is 19.1. The summed E-state index contributed by atoms with van der Waals surface area (Å²) in [5.41, 5.74) is 22.0. The molecule has 0 radical (unpaired) electrons. The maximum atomic E-state index is 2.50. The maximum absolute atomic E-state index is 2.50. The number of rotatable bonds is 6. The molecule has 0 atom stereocenters. The number of hydrogen-bond acceptors (Lipinski definition) is 1. The van der Waals surface area contributed by atoms with Crippen molar-refractivity contribution in [1.29, 1.82) is 0 Å². The van der Waals surface area contributed by atoms with Gasteiger partial charge in [-0.1, -0.05) is 168 Å². The number of fused-ring (bicyclic) bond motifs is 9. The zero-order valence-electron chi connectivity index (χ0n) is 36.3.